The van der Waals surface area contributed by atoms with Crippen LogP contribution in [0.5, 0.6) is 0 Å². The lowest BCUT2D eigenvalue weighted by atomic mass is 10.3. The van der Waals surface area contributed by atoms with Gasteiger partial charge in [-0.25, -0.2) is 12.8 Å². The van der Waals surface area contributed by atoms with Gasteiger partial charge in [0, 0.05) is 4.47 Å². The van der Waals surface area contributed by atoms with Gasteiger partial charge in [-0.1, -0.05) is 6.92 Å². The van der Waals surface area contributed by atoms with E-state index in [9.17, 15) is 12.8 Å². The zero-order valence-corrected chi connectivity index (χ0v) is 13.9. The van der Waals surface area contributed by atoms with Crippen LogP contribution < -0.4 is 10.0 Å². The maximum atomic E-state index is 13.1. The summed E-state index contributed by atoms with van der Waals surface area (Å²) < 4.78 is 39.8. The molecule has 0 fully saturated rings. The molecule has 0 aromatic heterocycles. The van der Waals surface area contributed by atoms with Gasteiger partial charge in [-0.3, -0.25) is 4.72 Å². The highest BCUT2D eigenvalue weighted by Crippen LogP contribution is 2.24. The molecule has 0 aliphatic carbocycles. The molecule has 2 N–H and O–H groups in total. The van der Waals surface area contributed by atoms with Crippen LogP contribution in [0.4, 0.5) is 10.1 Å². The van der Waals surface area contributed by atoms with E-state index in [1.165, 1.54) is 12.1 Å². The molecule has 0 bridgehead atoms. The van der Waals surface area contributed by atoms with Gasteiger partial charge < -0.3 is 5.32 Å². The van der Waals surface area contributed by atoms with Crippen LogP contribution in [-0.2, 0) is 10.0 Å². The standard InChI is InChI=1S/C13H20BrFN2O2S/c1-2-7-16-8-3-4-9-20(18,19)17-13-10-11(15)5-6-12(13)14/h5-6,10,16-17H,2-4,7-9H2,1H3. The van der Waals surface area contributed by atoms with Gasteiger partial charge in [-0.2, -0.15) is 0 Å². The van der Waals surface area contributed by atoms with E-state index in [2.05, 4.69) is 32.9 Å². The minimum absolute atomic E-state index is 0.0315. The molecule has 1 aromatic rings. The number of anilines is 1. The molecule has 1 rings (SSSR count). The Balaban J connectivity index is 2.43. The Bertz CT molecular complexity index is 523. The molecule has 0 aliphatic heterocycles. The van der Waals surface area contributed by atoms with E-state index in [1.807, 2.05) is 0 Å². The van der Waals surface area contributed by atoms with E-state index >= 15 is 0 Å². The second-order valence-corrected chi connectivity index (χ2v) is 7.20. The number of nitrogens with one attached hydrogen (secondary N) is 2. The van der Waals surface area contributed by atoms with Crippen molar-refractivity contribution >= 4 is 31.6 Å². The minimum atomic E-state index is -3.44. The van der Waals surface area contributed by atoms with Crippen molar-refractivity contribution in [1.29, 1.82) is 0 Å². The molecule has 7 heteroatoms. The monoisotopic (exact) mass is 366 g/mol. The summed E-state index contributed by atoms with van der Waals surface area (Å²) in [5.74, 6) is -0.446. The first-order valence-electron chi connectivity index (χ1n) is 6.61. The van der Waals surface area contributed by atoms with Crippen LogP contribution in [0.3, 0.4) is 0 Å². The Labute approximate surface area is 128 Å². The molecule has 0 saturated heterocycles. The molecule has 0 amide bonds. The van der Waals surface area contributed by atoms with E-state index in [0.717, 1.165) is 32.0 Å². The molecule has 114 valence electrons. The third-order valence-electron chi connectivity index (χ3n) is 2.64. The first-order valence-corrected chi connectivity index (χ1v) is 9.05. The summed E-state index contributed by atoms with van der Waals surface area (Å²) in [6.45, 7) is 3.84. The highest BCUT2D eigenvalue weighted by atomic mass is 79.9. The number of hydrogen-bond donors (Lipinski definition) is 2. The molecule has 0 spiro atoms. The molecular formula is C13H20BrFN2O2S. The van der Waals surface area contributed by atoms with Crippen LogP contribution in [0, 0.1) is 5.82 Å². The van der Waals surface area contributed by atoms with Crippen molar-refractivity contribution < 1.29 is 12.8 Å². The number of halogens is 2. The first kappa shape index (κ1) is 17.4. The lowest BCUT2D eigenvalue weighted by molar-refractivity contribution is 0.590. The summed E-state index contributed by atoms with van der Waals surface area (Å²) in [6.07, 6.45) is 2.43. The zero-order chi connectivity index (χ0) is 15.0. The maximum absolute atomic E-state index is 13.1. The predicted molar refractivity (Wildman–Crippen MR) is 83.9 cm³/mol. The number of unbranched alkanes of at least 4 members (excludes halogenated alkanes) is 1. The number of benzene rings is 1. The van der Waals surface area contributed by atoms with Gasteiger partial charge >= 0.3 is 0 Å². The summed E-state index contributed by atoms with van der Waals surface area (Å²) in [7, 11) is -3.44. The quantitative estimate of drug-likeness (QED) is 0.660. The van der Waals surface area contributed by atoms with Gasteiger partial charge in [0.2, 0.25) is 10.0 Å². The predicted octanol–water partition coefficient (Wildman–Crippen LogP) is 3.11. The fourth-order valence-electron chi connectivity index (χ4n) is 1.64. The third-order valence-corrected chi connectivity index (χ3v) is 4.69. The van der Waals surface area contributed by atoms with Gasteiger partial charge in [-0.15, -0.1) is 0 Å². The van der Waals surface area contributed by atoms with Gasteiger partial charge in [0.25, 0.3) is 0 Å². The van der Waals surface area contributed by atoms with Crippen molar-refractivity contribution in [2.75, 3.05) is 23.6 Å². The molecule has 0 heterocycles. The van der Waals surface area contributed by atoms with E-state index in [0.29, 0.717) is 10.9 Å². The fraction of sp³-hybridized carbons (Fsp3) is 0.538. The van der Waals surface area contributed by atoms with Crippen LogP contribution >= 0.6 is 15.9 Å². The Hall–Kier alpha value is -0.660. The number of rotatable bonds is 9. The molecular weight excluding hydrogens is 347 g/mol. The third kappa shape index (κ3) is 6.67. The lowest BCUT2D eigenvalue weighted by Crippen LogP contribution is -2.20. The zero-order valence-electron chi connectivity index (χ0n) is 11.5. The molecule has 0 saturated carbocycles. The average Bonchev–Trinajstić information content (AvgIpc) is 2.38. The molecule has 4 nitrogen and oxygen atoms in total. The maximum Gasteiger partial charge on any atom is 0.232 e. The first-order chi connectivity index (χ1) is 9.44. The second kappa shape index (κ2) is 8.59. The summed E-state index contributed by atoms with van der Waals surface area (Å²) in [5.41, 5.74) is 0.231. The van der Waals surface area contributed by atoms with Gasteiger partial charge in [0.15, 0.2) is 0 Å². The largest absolute Gasteiger partial charge is 0.317 e. The molecule has 0 aliphatic rings. The normalized spacial score (nSPS) is 11.6. The van der Waals surface area contributed by atoms with E-state index in [1.54, 1.807) is 0 Å². The van der Waals surface area contributed by atoms with Gasteiger partial charge in [0.1, 0.15) is 5.82 Å². The van der Waals surface area contributed by atoms with Crippen LogP contribution in [0.1, 0.15) is 26.2 Å². The van der Waals surface area contributed by atoms with Gasteiger partial charge in [-0.05, 0) is 66.5 Å². The van der Waals surface area contributed by atoms with Crippen molar-refractivity contribution in [3.63, 3.8) is 0 Å². The second-order valence-electron chi connectivity index (χ2n) is 4.50. The van der Waals surface area contributed by atoms with Crippen molar-refractivity contribution in [3.8, 4) is 0 Å². The molecule has 0 radical (unpaired) electrons. The topological polar surface area (TPSA) is 58.2 Å². The van der Waals surface area contributed by atoms with Crippen molar-refractivity contribution in [3.05, 3.63) is 28.5 Å². The SMILES string of the molecule is CCCNCCCCS(=O)(=O)Nc1cc(F)ccc1Br. The van der Waals surface area contributed by atoms with E-state index in [4.69, 9.17) is 0 Å². The van der Waals surface area contributed by atoms with Crippen molar-refractivity contribution in [2.24, 2.45) is 0 Å². The highest BCUT2D eigenvalue weighted by molar-refractivity contribution is 9.10. The van der Waals surface area contributed by atoms with E-state index < -0.39 is 15.8 Å². The summed E-state index contributed by atoms with van der Waals surface area (Å²) in [6, 6.07) is 3.90. The van der Waals surface area contributed by atoms with Crippen LogP contribution in [0.15, 0.2) is 22.7 Å². The molecule has 20 heavy (non-hydrogen) atoms. The Kier molecular flexibility index (Phi) is 7.47. The number of hydrogen-bond acceptors (Lipinski definition) is 3. The average molecular weight is 367 g/mol. The van der Waals surface area contributed by atoms with Crippen molar-refractivity contribution in [2.45, 2.75) is 26.2 Å². The summed E-state index contributed by atoms with van der Waals surface area (Å²) in [5, 5.41) is 3.22. The molecule has 0 unspecified atom stereocenters. The van der Waals surface area contributed by atoms with E-state index in [-0.39, 0.29) is 11.4 Å². The molecule has 0 atom stereocenters. The Morgan fingerprint density at radius 1 is 1.25 bits per heavy atom. The summed E-state index contributed by atoms with van der Waals surface area (Å²) in [4.78, 5) is 0. The fourth-order valence-corrected chi connectivity index (χ4v) is 3.31. The highest BCUT2D eigenvalue weighted by Gasteiger charge is 2.12. The van der Waals surface area contributed by atoms with Gasteiger partial charge in [0.05, 0.1) is 11.4 Å². The van der Waals surface area contributed by atoms with Crippen LogP contribution in [-0.4, -0.2) is 27.3 Å². The smallest absolute Gasteiger partial charge is 0.232 e. The molecule has 1 aromatic carbocycles. The lowest BCUT2D eigenvalue weighted by Gasteiger charge is -2.10. The number of sulfonamides is 1. The minimum Gasteiger partial charge on any atom is -0.317 e. The summed E-state index contributed by atoms with van der Waals surface area (Å²) >= 11 is 3.19. The Morgan fingerprint density at radius 2 is 2.00 bits per heavy atom. The van der Waals surface area contributed by atoms with Crippen LogP contribution in [0.25, 0.3) is 0 Å². The van der Waals surface area contributed by atoms with Crippen LogP contribution in [0.2, 0.25) is 0 Å². The van der Waals surface area contributed by atoms with Crippen molar-refractivity contribution in [1.82, 2.24) is 5.32 Å². The Morgan fingerprint density at radius 3 is 2.70 bits per heavy atom.